The summed E-state index contributed by atoms with van der Waals surface area (Å²) in [4.78, 5) is 8.84. The van der Waals surface area contributed by atoms with Crippen LogP contribution in [0.5, 0.6) is 0 Å². The minimum absolute atomic E-state index is 0.976. The van der Waals surface area contributed by atoms with Crippen LogP contribution in [-0.4, -0.2) is 9.97 Å². The Balaban J connectivity index is 1.78. The van der Waals surface area contributed by atoms with Gasteiger partial charge in [0.25, 0.3) is 0 Å². The Hall–Kier alpha value is -3.43. The number of hydrogen-bond acceptors (Lipinski definition) is 2. The van der Waals surface area contributed by atoms with Crippen molar-refractivity contribution in [3.05, 3.63) is 89.2 Å². The first-order chi connectivity index (χ1) is 16.6. The standard InChI is InChI=1S/C31H28N2S/c1-5-24-18(3)28-16-22-11-12-23(34-22)17-29-19(4)25(6-2)31(33-29)15-21-13-20(14-30(24)32-28)26-9-7-8-10-27(21)26/h7-17,32H,5-6H2,1-4H3. The monoisotopic (exact) mass is 460 g/mol. The van der Waals surface area contributed by atoms with Crippen molar-refractivity contribution < 1.29 is 0 Å². The summed E-state index contributed by atoms with van der Waals surface area (Å²) in [6, 6.07) is 24.6. The molecule has 1 aliphatic heterocycles. The zero-order valence-electron chi connectivity index (χ0n) is 20.1. The maximum absolute atomic E-state index is 5.11. The molecule has 8 bridgehead atoms. The van der Waals surface area contributed by atoms with E-state index in [9.17, 15) is 0 Å². The van der Waals surface area contributed by atoms with E-state index in [4.69, 9.17) is 4.98 Å². The van der Waals surface area contributed by atoms with Crippen LogP contribution in [0.15, 0.2) is 66.7 Å². The molecule has 2 aliphatic rings. The van der Waals surface area contributed by atoms with Gasteiger partial charge >= 0.3 is 0 Å². The van der Waals surface area contributed by atoms with Gasteiger partial charge in [0.05, 0.1) is 11.4 Å². The molecule has 0 spiro atoms. The fraction of sp³-hybridized carbons (Fsp3) is 0.194. The van der Waals surface area contributed by atoms with E-state index in [2.05, 4.69) is 99.4 Å². The molecular weight excluding hydrogens is 432 g/mol. The van der Waals surface area contributed by atoms with Crippen molar-refractivity contribution in [2.45, 2.75) is 40.5 Å². The van der Waals surface area contributed by atoms with Crippen LogP contribution in [-0.2, 0) is 6.42 Å². The van der Waals surface area contributed by atoms with Gasteiger partial charge < -0.3 is 4.98 Å². The Morgan fingerprint density at radius 1 is 0.735 bits per heavy atom. The van der Waals surface area contributed by atoms with Crippen molar-refractivity contribution >= 4 is 42.9 Å². The fourth-order valence-corrected chi connectivity index (χ4v) is 6.28. The number of fused-ring (bicyclic) bond motifs is 11. The van der Waals surface area contributed by atoms with Crippen LogP contribution < -0.4 is 0 Å². The first-order valence-corrected chi connectivity index (χ1v) is 12.9. The molecule has 2 nitrogen and oxygen atoms in total. The zero-order valence-corrected chi connectivity index (χ0v) is 20.9. The van der Waals surface area contributed by atoms with Gasteiger partial charge in [-0.3, -0.25) is 0 Å². The number of allylic oxidation sites excluding steroid dienone is 2. The van der Waals surface area contributed by atoms with Gasteiger partial charge in [0.15, 0.2) is 0 Å². The third-order valence-electron chi connectivity index (χ3n) is 7.21. The van der Waals surface area contributed by atoms with Crippen LogP contribution in [0, 0.1) is 6.92 Å². The lowest BCUT2D eigenvalue weighted by atomic mass is 10.0. The number of aryl methyl sites for hydroxylation is 2. The highest BCUT2D eigenvalue weighted by Gasteiger charge is 2.18. The highest BCUT2D eigenvalue weighted by Crippen LogP contribution is 2.41. The summed E-state index contributed by atoms with van der Waals surface area (Å²) in [6.45, 7) is 8.92. The number of aromatic amines is 1. The van der Waals surface area contributed by atoms with Gasteiger partial charge in [-0.2, -0.15) is 0 Å². The van der Waals surface area contributed by atoms with Crippen molar-refractivity contribution in [3.63, 3.8) is 0 Å². The first-order valence-electron chi connectivity index (χ1n) is 12.1. The maximum atomic E-state index is 5.11. The highest BCUT2D eigenvalue weighted by atomic mass is 32.1. The second-order valence-corrected chi connectivity index (χ2v) is 10.3. The number of aromatic nitrogens is 2. The van der Waals surface area contributed by atoms with E-state index in [0.29, 0.717) is 0 Å². The normalized spacial score (nSPS) is 12.8. The molecule has 6 rings (SSSR count). The Kier molecular flexibility index (Phi) is 5.04. The largest absolute Gasteiger partial charge is 0.355 e. The van der Waals surface area contributed by atoms with Crippen molar-refractivity contribution in [1.29, 1.82) is 0 Å². The summed E-state index contributed by atoms with van der Waals surface area (Å²) in [7, 11) is 0. The highest BCUT2D eigenvalue weighted by molar-refractivity contribution is 7.23. The quantitative estimate of drug-likeness (QED) is 0.279. The number of H-pyrrole nitrogens is 1. The van der Waals surface area contributed by atoms with E-state index in [1.807, 2.05) is 11.3 Å². The molecule has 4 aromatic rings. The average molecular weight is 461 g/mol. The smallest absolute Gasteiger partial charge is 0.0683 e. The predicted octanol–water partition coefficient (Wildman–Crippen LogP) is 9.20. The van der Waals surface area contributed by atoms with Gasteiger partial charge in [0, 0.05) is 20.4 Å². The summed E-state index contributed by atoms with van der Waals surface area (Å²) in [5.74, 6) is 0. The van der Waals surface area contributed by atoms with Crippen LogP contribution in [0.2, 0.25) is 0 Å². The summed E-state index contributed by atoms with van der Waals surface area (Å²) in [6.07, 6.45) is 1.98. The summed E-state index contributed by atoms with van der Waals surface area (Å²) >= 11 is 1.82. The first kappa shape index (κ1) is 21.1. The molecule has 0 unspecified atom stereocenters. The zero-order chi connectivity index (χ0) is 23.4. The Labute approximate surface area is 204 Å². The van der Waals surface area contributed by atoms with E-state index >= 15 is 0 Å². The Morgan fingerprint density at radius 2 is 1.44 bits per heavy atom. The predicted molar refractivity (Wildman–Crippen MR) is 148 cm³/mol. The third-order valence-corrected chi connectivity index (χ3v) is 8.19. The molecule has 1 aromatic carbocycles. The summed E-state index contributed by atoms with van der Waals surface area (Å²) in [5.41, 5.74) is 15.0. The fourth-order valence-electron chi connectivity index (χ4n) is 5.39. The minimum Gasteiger partial charge on any atom is -0.355 e. The van der Waals surface area contributed by atoms with Crippen molar-refractivity contribution in [1.82, 2.24) is 9.97 Å². The number of benzene rings is 1. The van der Waals surface area contributed by atoms with Gasteiger partial charge in [-0.1, -0.05) is 38.1 Å². The van der Waals surface area contributed by atoms with Gasteiger partial charge in [0.1, 0.15) is 0 Å². The van der Waals surface area contributed by atoms with Crippen molar-refractivity contribution in [3.8, 4) is 22.3 Å². The van der Waals surface area contributed by atoms with Crippen LogP contribution >= 0.6 is 11.3 Å². The third kappa shape index (κ3) is 3.35. The number of nitrogens with zero attached hydrogens (tertiary/aromatic N) is 1. The maximum Gasteiger partial charge on any atom is 0.0683 e. The lowest BCUT2D eigenvalue weighted by Gasteiger charge is -2.02. The molecule has 168 valence electrons. The number of nitrogens with one attached hydrogen (secondary N) is 1. The molecule has 1 N–H and O–H groups in total. The van der Waals surface area contributed by atoms with Crippen LogP contribution in [0.3, 0.4) is 0 Å². The molecular formula is C31H28N2S. The van der Waals surface area contributed by atoms with Gasteiger partial charge in [-0.05, 0) is 114 Å². The Morgan fingerprint density at radius 3 is 2.15 bits per heavy atom. The van der Waals surface area contributed by atoms with E-state index < -0.39 is 0 Å². The topological polar surface area (TPSA) is 28.7 Å². The van der Waals surface area contributed by atoms with Crippen molar-refractivity contribution in [2.75, 3.05) is 0 Å². The number of rotatable bonds is 2. The molecule has 0 radical (unpaired) electrons. The second kappa shape index (κ2) is 8.11. The summed E-state index contributed by atoms with van der Waals surface area (Å²) in [5, 5.41) is 0. The molecule has 1 aliphatic carbocycles. The van der Waals surface area contributed by atoms with Gasteiger partial charge in [-0.15, -0.1) is 11.3 Å². The molecule has 34 heavy (non-hydrogen) atoms. The molecule has 0 saturated heterocycles. The van der Waals surface area contributed by atoms with E-state index in [1.54, 1.807) is 0 Å². The van der Waals surface area contributed by atoms with Crippen LogP contribution in [0.25, 0.3) is 53.8 Å². The van der Waals surface area contributed by atoms with Crippen molar-refractivity contribution in [2.24, 2.45) is 0 Å². The molecule has 0 amide bonds. The molecule has 0 atom stereocenters. The number of thiophene rings is 1. The molecule has 0 saturated carbocycles. The molecule has 3 heteroatoms. The molecule has 4 heterocycles. The second-order valence-electron chi connectivity index (χ2n) is 9.17. The van der Waals surface area contributed by atoms with E-state index in [1.165, 1.54) is 65.0 Å². The summed E-state index contributed by atoms with van der Waals surface area (Å²) < 4.78 is 2.49. The van der Waals surface area contributed by atoms with Crippen LogP contribution in [0.1, 0.15) is 49.7 Å². The molecule has 0 fully saturated rings. The lowest BCUT2D eigenvalue weighted by Crippen LogP contribution is -1.81. The lowest BCUT2D eigenvalue weighted by molar-refractivity contribution is 1.14. The SMILES string of the molecule is CCC1=C(C)c2cc3ccc(cc4[nH]c(cc5cc(cc1n2)-c1ccccc1-5)c(CC)c4C)s3. The Bertz CT molecular complexity index is 1650. The number of hydrogen-bond donors (Lipinski definition) is 1. The van der Waals surface area contributed by atoms with E-state index in [-0.39, 0.29) is 0 Å². The average Bonchev–Trinajstić information content (AvgIpc) is 3.56. The minimum atomic E-state index is 0.976. The van der Waals surface area contributed by atoms with Gasteiger partial charge in [0.2, 0.25) is 0 Å². The van der Waals surface area contributed by atoms with Gasteiger partial charge in [-0.25, -0.2) is 4.98 Å². The molecule has 3 aromatic heterocycles. The van der Waals surface area contributed by atoms with E-state index in [0.717, 1.165) is 24.2 Å². The van der Waals surface area contributed by atoms with Crippen LogP contribution in [0.4, 0.5) is 0 Å².